The van der Waals surface area contributed by atoms with E-state index < -0.39 is 0 Å². The van der Waals surface area contributed by atoms with Crippen LogP contribution in [0.4, 0.5) is 9.52 Å². The third-order valence-corrected chi connectivity index (χ3v) is 5.36. The van der Waals surface area contributed by atoms with Gasteiger partial charge in [0.15, 0.2) is 0 Å². The number of benzene rings is 1. The van der Waals surface area contributed by atoms with Crippen molar-refractivity contribution >= 4 is 40.1 Å². The molecule has 1 aromatic heterocycles. The summed E-state index contributed by atoms with van der Waals surface area (Å²) in [5.41, 5.74) is 0.725. The fourth-order valence-electron chi connectivity index (χ4n) is 1.92. The summed E-state index contributed by atoms with van der Waals surface area (Å²) in [7, 11) is 0. The standard InChI is InChI=1S/C16H18FN3O3S2/c1-3-12(24-9-13(21)23-4-2)14(22)18-16-20-19-15(25-16)10-5-7-11(17)8-6-10/h5-8,12H,3-4,9H2,1-2H3,(H,18,20,22)/t12-/m0/s1. The van der Waals surface area contributed by atoms with E-state index in [1.54, 1.807) is 19.1 Å². The quantitative estimate of drug-likeness (QED) is 0.704. The van der Waals surface area contributed by atoms with E-state index in [-0.39, 0.29) is 28.7 Å². The Morgan fingerprint density at radius 1 is 1.28 bits per heavy atom. The van der Waals surface area contributed by atoms with E-state index in [2.05, 4.69) is 15.5 Å². The summed E-state index contributed by atoms with van der Waals surface area (Å²) < 4.78 is 17.8. The van der Waals surface area contributed by atoms with E-state index in [4.69, 9.17) is 4.74 Å². The molecule has 1 atom stereocenters. The summed E-state index contributed by atoms with van der Waals surface area (Å²) in [6, 6.07) is 5.89. The van der Waals surface area contributed by atoms with Gasteiger partial charge in [0.1, 0.15) is 10.8 Å². The van der Waals surface area contributed by atoms with Crippen LogP contribution in [0.3, 0.4) is 0 Å². The first kappa shape index (κ1) is 19.3. The molecule has 1 amide bonds. The molecule has 0 radical (unpaired) electrons. The number of halogens is 1. The Kier molecular flexibility index (Phi) is 7.32. The van der Waals surface area contributed by atoms with Crippen LogP contribution in [0.2, 0.25) is 0 Å². The lowest BCUT2D eigenvalue weighted by Gasteiger charge is -2.12. The molecule has 2 aromatic rings. The van der Waals surface area contributed by atoms with Crippen LogP contribution in [-0.2, 0) is 14.3 Å². The van der Waals surface area contributed by atoms with Crippen LogP contribution in [0.15, 0.2) is 24.3 Å². The molecule has 0 bridgehead atoms. The van der Waals surface area contributed by atoms with Crippen molar-refractivity contribution in [2.24, 2.45) is 0 Å². The minimum atomic E-state index is -0.387. The van der Waals surface area contributed by atoms with Gasteiger partial charge in [-0.1, -0.05) is 18.3 Å². The minimum Gasteiger partial charge on any atom is -0.465 e. The largest absolute Gasteiger partial charge is 0.465 e. The third-order valence-electron chi connectivity index (χ3n) is 3.12. The van der Waals surface area contributed by atoms with Crippen molar-refractivity contribution in [2.75, 3.05) is 17.7 Å². The maximum Gasteiger partial charge on any atom is 0.315 e. The molecule has 0 saturated heterocycles. The monoisotopic (exact) mass is 383 g/mol. The van der Waals surface area contributed by atoms with Crippen molar-refractivity contribution < 1.29 is 18.7 Å². The van der Waals surface area contributed by atoms with Gasteiger partial charge in [-0.2, -0.15) is 0 Å². The molecule has 9 heteroatoms. The lowest BCUT2D eigenvalue weighted by Crippen LogP contribution is -2.26. The highest BCUT2D eigenvalue weighted by Crippen LogP contribution is 2.27. The van der Waals surface area contributed by atoms with Gasteiger partial charge in [0.25, 0.3) is 0 Å². The van der Waals surface area contributed by atoms with Gasteiger partial charge in [-0.15, -0.1) is 22.0 Å². The van der Waals surface area contributed by atoms with Gasteiger partial charge in [-0.05, 0) is 37.6 Å². The SMILES string of the molecule is CCOC(=O)CS[C@@H](CC)C(=O)Nc1nnc(-c2ccc(F)cc2)s1. The highest BCUT2D eigenvalue weighted by Gasteiger charge is 2.20. The van der Waals surface area contributed by atoms with Crippen LogP contribution in [0.5, 0.6) is 0 Å². The zero-order valence-corrected chi connectivity index (χ0v) is 15.5. The van der Waals surface area contributed by atoms with Crippen LogP contribution in [0, 0.1) is 5.82 Å². The van der Waals surface area contributed by atoms with Crippen molar-refractivity contribution in [2.45, 2.75) is 25.5 Å². The van der Waals surface area contributed by atoms with Crippen molar-refractivity contribution in [3.63, 3.8) is 0 Å². The Labute approximate surface area is 153 Å². The fourth-order valence-corrected chi connectivity index (χ4v) is 3.54. The number of esters is 1. The van der Waals surface area contributed by atoms with Gasteiger partial charge < -0.3 is 4.74 Å². The zero-order valence-electron chi connectivity index (χ0n) is 13.8. The molecular formula is C16H18FN3O3S2. The number of amides is 1. The van der Waals surface area contributed by atoms with Gasteiger partial charge in [-0.25, -0.2) is 4.39 Å². The van der Waals surface area contributed by atoms with Gasteiger partial charge >= 0.3 is 5.97 Å². The molecule has 0 fully saturated rings. The molecule has 0 unspecified atom stereocenters. The number of ether oxygens (including phenoxy) is 1. The highest BCUT2D eigenvalue weighted by atomic mass is 32.2. The average Bonchev–Trinajstić information content (AvgIpc) is 3.04. The number of hydrogen-bond acceptors (Lipinski definition) is 7. The Morgan fingerprint density at radius 3 is 2.64 bits per heavy atom. The van der Waals surface area contributed by atoms with Gasteiger partial charge in [-0.3, -0.25) is 14.9 Å². The van der Waals surface area contributed by atoms with Gasteiger partial charge in [0, 0.05) is 5.56 Å². The number of anilines is 1. The second-order valence-corrected chi connectivity index (χ2v) is 7.09. The number of aromatic nitrogens is 2. The Hall–Kier alpha value is -2.00. The van der Waals surface area contributed by atoms with Gasteiger partial charge in [0.05, 0.1) is 17.6 Å². The molecule has 25 heavy (non-hydrogen) atoms. The van der Waals surface area contributed by atoms with Crippen LogP contribution >= 0.6 is 23.1 Å². The smallest absolute Gasteiger partial charge is 0.315 e. The molecule has 0 aliphatic rings. The number of carbonyl (C=O) groups is 2. The number of rotatable bonds is 8. The second-order valence-electron chi connectivity index (χ2n) is 4.92. The van der Waals surface area contributed by atoms with Crippen molar-refractivity contribution in [1.29, 1.82) is 0 Å². The molecule has 1 heterocycles. The van der Waals surface area contributed by atoms with E-state index in [9.17, 15) is 14.0 Å². The molecule has 1 aromatic carbocycles. The van der Waals surface area contributed by atoms with Gasteiger partial charge in [0.2, 0.25) is 11.0 Å². The van der Waals surface area contributed by atoms with E-state index in [0.29, 0.717) is 23.2 Å². The van der Waals surface area contributed by atoms with Crippen LogP contribution in [-0.4, -0.2) is 39.7 Å². The Morgan fingerprint density at radius 2 is 2.00 bits per heavy atom. The maximum atomic E-state index is 13.0. The van der Waals surface area contributed by atoms with Crippen molar-refractivity contribution in [3.05, 3.63) is 30.1 Å². The molecule has 6 nitrogen and oxygen atoms in total. The summed E-state index contributed by atoms with van der Waals surface area (Å²) >= 11 is 2.43. The van der Waals surface area contributed by atoms with E-state index in [1.807, 2.05) is 6.92 Å². The lowest BCUT2D eigenvalue weighted by atomic mass is 10.2. The molecule has 2 rings (SSSR count). The summed E-state index contributed by atoms with van der Waals surface area (Å²) in [5, 5.41) is 11.2. The van der Waals surface area contributed by atoms with Crippen LogP contribution in [0.25, 0.3) is 10.6 Å². The second kappa shape index (κ2) is 9.47. The zero-order chi connectivity index (χ0) is 18.2. The molecule has 0 aliphatic carbocycles. The van der Waals surface area contributed by atoms with Crippen molar-refractivity contribution in [3.8, 4) is 10.6 Å². The van der Waals surface area contributed by atoms with E-state index in [1.165, 1.54) is 35.2 Å². The highest BCUT2D eigenvalue weighted by molar-refractivity contribution is 8.01. The molecular weight excluding hydrogens is 365 g/mol. The molecule has 134 valence electrons. The predicted molar refractivity (Wildman–Crippen MR) is 97.1 cm³/mol. The molecule has 0 saturated carbocycles. The summed E-state index contributed by atoms with van der Waals surface area (Å²) in [5.74, 6) is -0.783. The molecule has 1 N–H and O–H groups in total. The number of nitrogens with zero attached hydrogens (tertiary/aromatic N) is 2. The summed E-state index contributed by atoms with van der Waals surface area (Å²) in [6.45, 7) is 3.92. The minimum absolute atomic E-state index is 0.122. The number of thioether (sulfide) groups is 1. The lowest BCUT2D eigenvalue weighted by molar-refractivity contribution is -0.139. The predicted octanol–water partition coefficient (Wildman–Crippen LogP) is 3.36. The maximum absolute atomic E-state index is 13.0. The Balaban J connectivity index is 1.95. The van der Waals surface area contributed by atoms with Crippen molar-refractivity contribution in [1.82, 2.24) is 10.2 Å². The first-order valence-electron chi connectivity index (χ1n) is 7.71. The normalized spacial score (nSPS) is 11.8. The number of carbonyl (C=O) groups excluding carboxylic acids is 2. The molecule has 0 aliphatic heterocycles. The third kappa shape index (κ3) is 5.79. The number of hydrogen-bond donors (Lipinski definition) is 1. The number of nitrogens with one attached hydrogen (secondary N) is 1. The van der Waals surface area contributed by atoms with Crippen LogP contribution < -0.4 is 5.32 Å². The first-order valence-corrected chi connectivity index (χ1v) is 9.57. The summed E-state index contributed by atoms with van der Waals surface area (Å²) in [4.78, 5) is 23.7. The Bertz CT molecular complexity index is 722. The van der Waals surface area contributed by atoms with E-state index >= 15 is 0 Å². The first-order chi connectivity index (χ1) is 12.0. The van der Waals surface area contributed by atoms with Crippen LogP contribution in [0.1, 0.15) is 20.3 Å². The molecule has 0 spiro atoms. The topological polar surface area (TPSA) is 81.2 Å². The van der Waals surface area contributed by atoms with E-state index in [0.717, 1.165) is 5.56 Å². The summed E-state index contributed by atoms with van der Waals surface area (Å²) in [6.07, 6.45) is 0.569. The average molecular weight is 383 g/mol. The fraction of sp³-hybridized carbons (Fsp3) is 0.375.